The van der Waals surface area contributed by atoms with Crippen LogP contribution in [0.4, 0.5) is 0 Å². The van der Waals surface area contributed by atoms with Gasteiger partial charge in [-0.05, 0) is 65.0 Å². The van der Waals surface area contributed by atoms with Gasteiger partial charge in [-0.3, -0.25) is 4.79 Å². The van der Waals surface area contributed by atoms with E-state index in [9.17, 15) is 18.5 Å². The summed E-state index contributed by atoms with van der Waals surface area (Å²) in [7, 11) is 0.452. The largest absolute Gasteiger partial charge is 0.497 e. The summed E-state index contributed by atoms with van der Waals surface area (Å²) < 4.78 is 40.5. The van der Waals surface area contributed by atoms with Crippen LogP contribution in [-0.2, 0) is 23.1 Å². The van der Waals surface area contributed by atoms with Gasteiger partial charge in [0.05, 0.1) is 30.7 Å². The van der Waals surface area contributed by atoms with Crippen molar-refractivity contribution in [3.05, 3.63) is 101 Å². The molecule has 0 aromatic heterocycles. The Labute approximate surface area is 222 Å². The van der Waals surface area contributed by atoms with Gasteiger partial charge in [-0.25, -0.2) is 8.42 Å². The van der Waals surface area contributed by atoms with E-state index in [0.29, 0.717) is 27.8 Å². The molecule has 0 unspecified atom stereocenters. The zero-order valence-electron chi connectivity index (χ0n) is 21.3. The number of nitrogens with one attached hydrogen (secondary N) is 1. The normalized spacial score (nSPS) is 11.2. The second-order valence-corrected chi connectivity index (χ2v) is 10.5. The highest BCUT2D eigenvalue weighted by Crippen LogP contribution is 2.31. The molecule has 0 aliphatic carbocycles. The van der Waals surface area contributed by atoms with Gasteiger partial charge in [-0.2, -0.15) is 9.57 Å². The molecule has 0 bridgehead atoms. The molecule has 4 rings (SSSR count). The zero-order chi connectivity index (χ0) is 27.3. The van der Waals surface area contributed by atoms with E-state index >= 15 is 0 Å². The lowest BCUT2D eigenvalue weighted by molar-refractivity contribution is 0.0963. The Hall–Kier alpha value is -4.39. The average Bonchev–Trinajstić information content (AvgIpc) is 2.96. The van der Waals surface area contributed by atoms with Gasteiger partial charge >= 0.3 is 0 Å². The third kappa shape index (κ3) is 5.62. The Kier molecular flexibility index (Phi) is 7.96. The molecule has 0 fully saturated rings. The van der Waals surface area contributed by atoms with Crippen molar-refractivity contribution in [3.63, 3.8) is 0 Å². The molecule has 1 amide bonds. The fourth-order valence-electron chi connectivity index (χ4n) is 4.12. The third-order valence-electron chi connectivity index (χ3n) is 6.19. The topological polar surface area (TPSA) is 109 Å². The molecule has 4 aromatic carbocycles. The van der Waals surface area contributed by atoms with Crippen LogP contribution in [0.15, 0.2) is 83.8 Å². The summed E-state index contributed by atoms with van der Waals surface area (Å²) in [6.07, 6.45) is 0. The number of methoxy groups -OCH3 is 2. The molecule has 1 N–H and O–H groups in total. The Balaban J connectivity index is 1.87. The number of benzene rings is 4. The van der Waals surface area contributed by atoms with Gasteiger partial charge in [0.1, 0.15) is 11.5 Å². The van der Waals surface area contributed by atoms with Gasteiger partial charge in [0.25, 0.3) is 5.91 Å². The van der Waals surface area contributed by atoms with E-state index in [1.165, 1.54) is 23.5 Å². The van der Waals surface area contributed by atoms with Gasteiger partial charge in [-0.1, -0.05) is 30.3 Å². The molecule has 0 radical (unpaired) electrons. The Morgan fingerprint density at radius 2 is 1.42 bits per heavy atom. The highest BCUT2D eigenvalue weighted by atomic mass is 32.2. The van der Waals surface area contributed by atoms with Crippen LogP contribution >= 0.6 is 0 Å². The van der Waals surface area contributed by atoms with Crippen LogP contribution in [0, 0.1) is 11.3 Å². The molecule has 0 heterocycles. The maximum absolute atomic E-state index is 14.3. The fourth-order valence-corrected chi connectivity index (χ4v) is 5.76. The number of amides is 1. The van der Waals surface area contributed by atoms with E-state index < -0.39 is 15.9 Å². The predicted octanol–water partition coefficient (Wildman–Crippen LogP) is 4.48. The summed E-state index contributed by atoms with van der Waals surface area (Å²) >= 11 is 0. The number of nitriles is 1. The van der Waals surface area contributed by atoms with Gasteiger partial charge in [0, 0.05) is 31.1 Å². The minimum absolute atomic E-state index is 0.0484. The Bertz CT molecular complexity index is 1560. The third-order valence-corrected chi connectivity index (χ3v) is 8.02. The molecule has 0 aliphatic rings. The summed E-state index contributed by atoms with van der Waals surface area (Å²) in [6.45, 7) is 0.143. The predicted molar refractivity (Wildman–Crippen MR) is 144 cm³/mol. The minimum Gasteiger partial charge on any atom is -0.497 e. The molecule has 8 nitrogen and oxygen atoms in total. The van der Waals surface area contributed by atoms with Gasteiger partial charge < -0.3 is 14.8 Å². The van der Waals surface area contributed by atoms with Crippen molar-refractivity contribution in [2.75, 3.05) is 21.3 Å². The standard InChI is InChI=1S/C29H27N3O5S/c1-31-29(33)24-15-23-9-4-22(17-30)14-27(23)28(16-24)38(34,35)32(18-20-5-10-25(36-2)11-6-20)19-21-7-12-26(37-3)13-8-21/h4-16H,18-19H2,1-3H3,(H,31,33). The average molecular weight is 530 g/mol. The van der Waals surface area contributed by atoms with Crippen molar-refractivity contribution < 1.29 is 22.7 Å². The maximum atomic E-state index is 14.3. The molecular formula is C29H27N3O5S. The molecular weight excluding hydrogens is 502 g/mol. The van der Waals surface area contributed by atoms with Crippen LogP contribution in [0.25, 0.3) is 10.8 Å². The zero-order valence-corrected chi connectivity index (χ0v) is 22.1. The Morgan fingerprint density at radius 1 is 0.868 bits per heavy atom. The summed E-state index contributed by atoms with van der Waals surface area (Å²) in [5, 5.41) is 12.9. The monoisotopic (exact) mass is 529 g/mol. The van der Waals surface area contributed by atoms with Crippen molar-refractivity contribution in [2.24, 2.45) is 0 Å². The highest BCUT2D eigenvalue weighted by Gasteiger charge is 2.28. The summed E-state index contributed by atoms with van der Waals surface area (Å²) in [5.74, 6) is 0.905. The van der Waals surface area contributed by atoms with Gasteiger partial charge in [0.2, 0.25) is 10.0 Å². The van der Waals surface area contributed by atoms with E-state index in [1.54, 1.807) is 56.7 Å². The first-order valence-corrected chi connectivity index (χ1v) is 13.2. The first-order chi connectivity index (χ1) is 18.3. The van der Waals surface area contributed by atoms with Gasteiger partial charge in [-0.15, -0.1) is 0 Å². The lowest BCUT2D eigenvalue weighted by Crippen LogP contribution is -2.31. The Morgan fingerprint density at radius 3 is 1.89 bits per heavy atom. The number of hydrogen-bond donors (Lipinski definition) is 1. The molecule has 194 valence electrons. The number of hydrogen-bond acceptors (Lipinski definition) is 6. The summed E-state index contributed by atoms with van der Waals surface area (Å²) in [4.78, 5) is 12.5. The number of rotatable bonds is 9. The minimum atomic E-state index is -4.16. The summed E-state index contributed by atoms with van der Waals surface area (Å²) in [5.41, 5.74) is 2.04. The summed E-state index contributed by atoms with van der Waals surface area (Å²) in [6, 6.07) is 24.2. The number of carbonyl (C=O) groups excluding carboxylic acids is 1. The molecule has 0 saturated carbocycles. The lowest BCUT2D eigenvalue weighted by Gasteiger charge is -2.24. The number of fused-ring (bicyclic) bond motifs is 1. The molecule has 0 aliphatic heterocycles. The van der Waals surface area contributed by atoms with Crippen LogP contribution in [0.5, 0.6) is 11.5 Å². The number of nitrogens with zero attached hydrogens (tertiary/aromatic N) is 2. The van der Waals surface area contributed by atoms with E-state index in [2.05, 4.69) is 11.4 Å². The number of carbonyl (C=O) groups is 1. The van der Waals surface area contributed by atoms with E-state index in [-0.39, 0.29) is 23.5 Å². The molecule has 9 heteroatoms. The quantitative estimate of drug-likeness (QED) is 0.343. The van der Waals surface area contributed by atoms with Crippen LogP contribution in [0.1, 0.15) is 27.0 Å². The van der Waals surface area contributed by atoms with E-state index in [4.69, 9.17) is 9.47 Å². The van der Waals surface area contributed by atoms with Crippen molar-refractivity contribution in [1.29, 1.82) is 5.26 Å². The second kappa shape index (κ2) is 11.3. The number of sulfonamides is 1. The smallest absolute Gasteiger partial charge is 0.251 e. The van der Waals surface area contributed by atoms with Gasteiger partial charge in [0.15, 0.2) is 0 Å². The molecule has 4 aromatic rings. The van der Waals surface area contributed by atoms with Crippen LogP contribution < -0.4 is 14.8 Å². The molecule has 0 saturated heterocycles. The maximum Gasteiger partial charge on any atom is 0.251 e. The van der Waals surface area contributed by atoms with Crippen LogP contribution in [0.2, 0.25) is 0 Å². The first-order valence-electron chi connectivity index (χ1n) is 11.7. The number of ether oxygens (including phenoxy) is 2. The van der Waals surface area contributed by atoms with E-state index in [1.807, 2.05) is 24.3 Å². The molecule has 0 atom stereocenters. The molecule has 0 spiro atoms. The van der Waals surface area contributed by atoms with E-state index in [0.717, 1.165) is 11.1 Å². The lowest BCUT2D eigenvalue weighted by atomic mass is 10.0. The molecule has 38 heavy (non-hydrogen) atoms. The second-order valence-electron chi connectivity index (χ2n) is 8.57. The van der Waals surface area contributed by atoms with Crippen molar-refractivity contribution >= 4 is 26.7 Å². The SMILES string of the molecule is CNC(=O)c1cc(S(=O)(=O)N(Cc2ccc(OC)cc2)Cc2ccc(OC)cc2)c2cc(C#N)ccc2c1. The first kappa shape index (κ1) is 26.7. The highest BCUT2D eigenvalue weighted by molar-refractivity contribution is 7.89. The van der Waals surface area contributed by atoms with Crippen molar-refractivity contribution in [1.82, 2.24) is 9.62 Å². The van der Waals surface area contributed by atoms with Crippen molar-refractivity contribution in [2.45, 2.75) is 18.0 Å². The fraction of sp³-hybridized carbons (Fsp3) is 0.172. The van der Waals surface area contributed by atoms with Crippen LogP contribution in [-0.4, -0.2) is 39.9 Å². The van der Waals surface area contributed by atoms with Crippen LogP contribution in [0.3, 0.4) is 0 Å². The van der Waals surface area contributed by atoms with Crippen molar-refractivity contribution in [3.8, 4) is 17.6 Å².